The number of likely N-dealkylation sites (tertiary alicyclic amines) is 1. The first kappa shape index (κ1) is 26.8. The van der Waals surface area contributed by atoms with Crippen LogP contribution in [-0.4, -0.2) is 22.5 Å². The SMILES string of the molecule is C=CCC(c1ccc(C(F)(F)F)cc1)N1CCC(C(C)C(=O)O)CC1c1ccc(C(F)(F)F)cc1. The minimum Gasteiger partial charge on any atom is -0.481 e. The Bertz CT molecular complexity index is 1010. The molecule has 35 heavy (non-hydrogen) atoms. The number of halogens is 6. The second-order valence-electron chi connectivity index (χ2n) is 8.94. The van der Waals surface area contributed by atoms with Gasteiger partial charge in [-0.2, -0.15) is 26.3 Å². The monoisotopic (exact) mass is 499 g/mol. The summed E-state index contributed by atoms with van der Waals surface area (Å²) in [6, 6.07) is 8.84. The van der Waals surface area contributed by atoms with Crippen LogP contribution in [0.15, 0.2) is 61.2 Å². The first-order chi connectivity index (χ1) is 16.3. The number of piperidine rings is 1. The van der Waals surface area contributed by atoms with E-state index in [4.69, 9.17) is 0 Å². The fourth-order valence-corrected chi connectivity index (χ4v) is 4.78. The number of nitrogens with zero attached hydrogens (tertiary/aromatic N) is 1. The van der Waals surface area contributed by atoms with Gasteiger partial charge in [0, 0.05) is 12.1 Å². The molecule has 1 N–H and O–H groups in total. The van der Waals surface area contributed by atoms with Crippen molar-refractivity contribution < 1.29 is 36.2 Å². The molecule has 0 aromatic heterocycles. The molecule has 0 saturated carbocycles. The molecule has 3 nitrogen and oxygen atoms in total. The maximum atomic E-state index is 13.1. The van der Waals surface area contributed by atoms with Crippen molar-refractivity contribution >= 4 is 5.97 Å². The molecule has 0 amide bonds. The van der Waals surface area contributed by atoms with Crippen LogP contribution < -0.4 is 0 Å². The van der Waals surface area contributed by atoms with Gasteiger partial charge < -0.3 is 5.11 Å². The van der Waals surface area contributed by atoms with Gasteiger partial charge in [-0.15, -0.1) is 6.58 Å². The summed E-state index contributed by atoms with van der Waals surface area (Å²) in [4.78, 5) is 13.6. The van der Waals surface area contributed by atoms with Crippen LogP contribution in [0.4, 0.5) is 26.3 Å². The van der Waals surface area contributed by atoms with Crippen molar-refractivity contribution in [2.45, 2.75) is 50.6 Å². The van der Waals surface area contributed by atoms with Crippen LogP contribution in [0.25, 0.3) is 0 Å². The molecule has 1 fully saturated rings. The zero-order valence-corrected chi connectivity index (χ0v) is 19.1. The number of rotatable bonds is 7. The lowest BCUT2D eigenvalue weighted by atomic mass is 9.78. The van der Waals surface area contributed by atoms with E-state index < -0.39 is 41.4 Å². The van der Waals surface area contributed by atoms with E-state index in [2.05, 4.69) is 6.58 Å². The van der Waals surface area contributed by atoms with E-state index in [1.54, 1.807) is 13.0 Å². The largest absolute Gasteiger partial charge is 0.481 e. The normalized spacial score (nSPS) is 21.3. The van der Waals surface area contributed by atoms with Crippen LogP contribution in [0.5, 0.6) is 0 Å². The van der Waals surface area contributed by atoms with E-state index in [1.165, 1.54) is 24.3 Å². The Morgan fingerprint density at radius 2 is 1.54 bits per heavy atom. The minimum absolute atomic E-state index is 0.201. The van der Waals surface area contributed by atoms with Crippen molar-refractivity contribution in [1.29, 1.82) is 0 Å². The molecule has 1 heterocycles. The molecule has 1 aliphatic heterocycles. The quantitative estimate of drug-likeness (QED) is 0.317. The van der Waals surface area contributed by atoms with E-state index in [1.807, 2.05) is 4.90 Å². The molecule has 9 heteroatoms. The van der Waals surface area contributed by atoms with E-state index in [9.17, 15) is 36.2 Å². The third-order valence-electron chi connectivity index (χ3n) is 6.82. The predicted molar refractivity (Wildman–Crippen MR) is 119 cm³/mol. The fraction of sp³-hybridized carbons (Fsp3) is 0.423. The lowest BCUT2D eigenvalue weighted by Crippen LogP contribution is -2.41. The lowest BCUT2D eigenvalue weighted by Gasteiger charge is -2.45. The molecular weight excluding hydrogens is 472 g/mol. The van der Waals surface area contributed by atoms with Crippen LogP contribution in [0.3, 0.4) is 0 Å². The Morgan fingerprint density at radius 3 is 2.00 bits per heavy atom. The van der Waals surface area contributed by atoms with Gasteiger partial charge in [-0.05, 0) is 67.1 Å². The smallest absolute Gasteiger partial charge is 0.416 e. The van der Waals surface area contributed by atoms with Gasteiger partial charge >= 0.3 is 18.3 Å². The Morgan fingerprint density at radius 1 is 1.03 bits per heavy atom. The second kappa shape index (κ2) is 10.4. The number of carbonyl (C=O) groups is 1. The average molecular weight is 499 g/mol. The van der Waals surface area contributed by atoms with Crippen LogP contribution in [-0.2, 0) is 17.1 Å². The number of benzene rings is 2. The van der Waals surface area contributed by atoms with Crippen molar-refractivity contribution in [3.63, 3.8) is 0 Å². The summed E-state index contributed by atoms with van der Waals surface area (Å²) in [5.41, 5.74) is -0.336. The molecule has 2 aromatic carbocycles. The molecule has 0 aliphatic carbocycles. The van der Waals surface area contributed by atoms with Gasteiger partial charge in [-0.1, -0.05) is 37.3 Å². The van der Waals surface area contributed by atoms with Crippen LogP contribution in [0.2, 0.25) is 0 Å². The van der Waals surface area contributed by atoms with Crippen LogP contribution in [0, 0.1) is 11.8 Å². The average Bonchev–Trinajstić information content (AvgIpc) is 2.81. The standard InChI is InChI=1S/C26H27F6NO2/c1-3-4-22(17-5-9-20(10-6-17)25(27,28)29)33-14-13-19(16(2)24(34)35)15-23(33)18-7-11-21(12-8-18)26(30,31)32/h3,5-12,16,19,22-23H,1,4,13-15H2,2H3,(H,34,35). The Kier molecular flexibility index (Phi) is 7.99. The Hall–Kier alpha value is -2.81. The molecule has 4 atom stereocenters. The first-order valence-electron chi connectivity index (χ1n) is 11.3. The molecule has 0 bridgehead atoms. The number of hydrogen-bond donors (Lipinski definition) is 1. The van der Waals surface area contributed by atoms with E-state index in [0.29, 0.717) is 36.9 Å². The summed E-state index contributed by atoms with van der Waals surface area (Å²) >= 11 is 0. The molecule has 0 spiro atoms. The molecule has 3 rings (SSSR count). The van der Waals surface area contributed by atoms with Gasteiger partial charge in [0.2, 0.25) is 0 Å². The van der Waals surface area contributed by atoms with Gasteiger partial charge in [-0.25, -0.2) is 0 Å². The Labute approximate surface area is 200 Å². The van der Waals surface area contributed by atoms with Crippen molar-refractivity contribution in [2.24, 2.45) is 11.8 Å². The topological polar surface area (TPSA) is 40.5 Å². The number of hydrogen-bond acceptors (Lipinski definition) is 2. The second-order valence-corrected chi connectivity index (χ2v) is 8.94. The highest BCUT2D eigenvalue weighted by molar-refractivity contribution is 5.69. The predicted octanol–water partition coefficient (Wildman–Crippen LogP) is 7.52. The summed E-state index contributed by atoms with van der Waals surface area (Å²) < 4.78 is 78.4. The van der Waals surface area contributed by atoms with Gasteiger partial charge in [0.1, 0.15) is 0 Å². The zero-order valence-electron chi connectivity index (χ0n) is 19.1. The van der Waals surface area contributed by atoms with Crippen LogP contribution >= 0.6 is 0 Å². The van der Waals surface area contributed by atoms with E-state index >= 15 is 0 Å². The maximum absolute atomic E-state index is 13.1. The number of aliphatic carboxylic acids is 1. The van der Waals surface area contributed by atoms with Gasteiger partial charge in [0.15, 0.2) is 0 Å². The summed E-state index contributed by atoms with van der Waals surface area (Å²) in [7, 11) is 0. The third kappa shape index (κ3) is 6.25. The van der Waals surface area contributed by atoms with Crippen molar-refractivity contribution in [2.75, 3.05) is 6.54 Å². The van der Waals surface area contributed by atoms with Gasteiger partial charge in [0.25, 0.3) is 0 Å². The Balaban J connectivity index is 1.99. The number of carboxylic acid groups (broad SMARTS) is 1. The fourth-order valence-electron chi connectivity index (χ4n) is 4.78. The van der Waals surface area contributed by atoms with Crippen molar-refractivity contribution in [1.82, 2.24) is 4.90 Å². The molecule has 4 unspecified atom stereocenters. The maximum Gasteiger partial charge on any atom is 0.416 e. The van der Waals surface area contributed by atoms with Crippen LogP contribution in [0.1, 0.15) is 60.5 Å². The molecular formula is C26H27F6NO2. The van der Waals surface area contributed by atoms with E-state index in [0.717, 1.165) is 24.3 Å². The summed E-state index contributed by atoms with van der Waals surface area (Å²) in [6.07, 6.45) is -5.97. The lowest BCUT2D eigenvalue weighted by molar-refractivity contribution is -0.144. The van der Waals surface area contributed by atoms with Gasteiger partial charge in [0.05, 0.1) is 17.0 Å². The highest BCUT2D eigenvalue weighted by Gasteiger charge is 2.39. The molecule has 190 valence electrons. The summed E-state index contributed by atoms with van der Waals surface area (Å²) in [5.74, 6) is -1.79. The number of carboxylic acids is 1. The highest BCUT2D eigenvalue weighted by Crippen LogP contribution is 2.44. The molecule has 0 radical (unpaired) electrons. The molecule has 2 aromatic rings. The number of alkyl halides is 6. The molecule has 1 saturated heterocycles. The van der Waals surface area contributed by atoms with E-state index in [-0.39, 0.29) is 12.0 Å². The first-order valence-corrected chi connectivity index (χ1v) is 11.3. The minimum atomic E-state index is -4.49. The third-order valence-corrected chi connectivity index (χ3v) is 6.82. The molecule has 1 aliphatic rings. The highest BCUT2D eigenvalue weighted by atomic mass is 19.4. The van der Waals surface area contributed by atoms with Crippen molar-refractivity contribution in [3.05, 3.63) is 83.4 Å². The van der Waals surface area contributed by atoms with Crippen molar-refractivity contribution in [3.8, 4) is 0 Å². The summed E-state index contributed by atoms with van der Waals surface area (Å²) in [6.45, 7) is 5.82. The van der Waals surface area contributed by atoms with Gasteiger partial charge in [-0.3, -0.25) is 9.69 Å². The zero-order chi connectivity index (χ0) is 26.0. The summed E-state index contributed by atoms with van der Waals surface area (Å²) in [5, 5.41) is 9.50.